The molecule has 0 fully saturated rings. The molecule has 0 aliphatic rings. The monoisotopic (exact) mass is 314 g/mol. The van der Waals surface area contributed by atoms with Crippen LogP contribution in [0.1, 0.15) is 18.1 Å². The van der Waals surface area contributed by atoms with Crippen molar-refractivity contribution in [2.24, 2.45) is 5.10 Å². The van der Waals surface area contributed by atoms with E-state index in [1.54, 1.807) is 24.3 Å². The lowest BCUT2D eigenvalue weighted by Gasteiger charge is -2.06. The second-order valence-electron chi connectivity index (χ2n) is 4.80. The highest BCUT2D eigenvalue weighted by Gasteiger charge is 2.03. The molecule has 0 aromatic heterocycles. The number of nitrogens with one attached hydrogen (secondary N) is 1. The van der Waals surface area contributed by atoms with E-state index in [0.717, 1.165) is 5.56 Å². The van der Waals surface area contributed by atoms with Crippen LogP contribution in [-0.4, -0.2) is 28.9 Å². The molecule has 6 nitrogen and oxygen atoms in total. The van der Waals surface area contributed by atoms with Crippen LogP contribution in [0.15, 0.2) is 47.6 Å². The molecule has 120 valence electrons. The van der Waals surface area contributed by atoms with Crippen LogP contribution >= 0.6 is 0 Å². The van der Waals surface area contributed by atoms with Gasteiger partial charge in [0.2, 0.25) is 5.91 Å². The number of hydrogen-bond acceptors (Lipinski definition) is 5. The minimum Gasteiger partial charge on any atom is -0.508 e. The van der Waals surface area contributed by atoms with E-state index in [1.165, 1.54) is 24.4 Å². The van der Waals surface area contributed by atoms with Crippen molar-refractivity contribution >= 4 is 12.1 Å². The molecule has 0 bridgehead atoms. The molecule has 0 atom stereocenters. The quantitative estimate of drug-likeness (QED) is 0.563. The van der Waals surface area contributed by atoms with Crippen LogP contribution < -0.4 is 10.2 Å². The van der Waals surface area contributed by atoms with Crippen LogP contribution in [0, 0.1) is 0 Å². The predicted molar refractivity (Wildman–Crippen MR) is 86.8 cm³/mol. The van der Waals surface area contributed by atoms with E-state index in [9.17, 15) is 15.0 Å². The zero-order valence-corrected chi connectivity index (χ0v) is 12.7. The van der Waals surface area contributed by atoms with E-state index in [2.05, 4.69) is 10.5 Å². The smallest absolute Gasteiger partial charge is 0.244 e. The maximum Gasteiger partial charge on any atom is 0.244 e. The molecule has 0 heterocycles. The first-order valence-electron chi connectivity index (χ1n) is 7.14. The zero-order valence-electron chi connectivity index (χ0n) is 12.7. The Labute approximate surface area is 134 Å². The lowest BCUT2D eigenvalue weighted by Crippen LogP contribution is -2.19. The van der Waals surface area contributed by atoms with E-state index in [4.69, 9.17) is 4.74 Å². The minimum absolute atomic E-state index is 0.0559. The summed E-state index contributed by atoms with van der Waals surface area (Å²) in [6.45, 7) is 2.27. The second kappa shape index (κ2) is 7.84. The number of nitrogens with zero attached hydrogens (tertiary/aromatic N) is 1. The molecule has 3 N–H and O–H groups in total. The maximum absolute atomic E-state index is 11.8. The van der Waals surface area contributed by atoms with E-state index >= 15 is 0 Å². The SMILES string of the molecule is CCOc1cc(/C=N\NC(=O)Cc2ccc(O)cc2)ccc1O. The van der Waals surface area contributed by atoms with Gasteiger partial charge in [-0.15, -0.1) is 0 Å². The van der Waals surface area contributed by atoms with Crippen LogP contribution in [0.5, 0.6) is 17.2 Å². The molecule has 0 radical (unpaired) electrons. The molecule has 0 saturated carbocycles. The summed E-state index contributed by atoms with van der Waals surface area (Å²) in [6.07, 6.45) is 1.63. The zero-order chi connectivity index (χ0) is 16.7. The molecule has 2 rings (SSSR count). The number of phenolic OH excluding ortho intramolecular Hbond substituents is 2. The Hall–Kier alpha value is -3.02. The third-order valence-electron chi connectivity index (χ3n) is 2.99. The van der Waals surface area contributed by atoms with Crippen LogP contribution in [0.2, 0.25) is 0 Å². The van der Waals surface area contributed by atoms with Gasteiger partial charge in [-0.3, -0.25) is 4.79 Å². The lowest BCUT2D eigenvalue weighted by atomic mass is 10.1. The molecular weight excluding hydrogens is 296 g/mol. The number of phenols is 2. The van der Waals surface area contributed by atoms with Gasteiger partial charge in [0.05, 0.1) is 19.2 Å². The summed E-state index contributed by atoms with van der Waals surface area (Å²) in [5.41, 5.74) is 3.89. The highest BCUT2D eigenvalue weighted by Crippen LogP contribution is 2.26. The van der Waals surface area contributed by atoms with E-state index in [0.29, 0.717) is 17.9 Å². The van der Waals surface area contributed by atoms with Gasteiger partial charge in [-0.1, -0.05) is 12.1 Å². The summed E-state index contributed by atoms with van der Waals surface area (Å²) in [5.74, 6) is 0.313. The summed E-state index contributed by atoms with van der Waals surface area (Å²) in [5, 5.41) is 22.7. The summed E-state index contributed by atoms with van der Waals surface area (Å²) in [4.78, 5) is 11.8. The minimum atomic E-state index is -0.268. The number of rotatable bonds is 6. The number of carbonyl (C=O) groups is 1. The molecule has 2 aromatic carbocycles. The van der Waals surface area contributed by atoms with Gasteiger partial charge in [0, 0.05) is 0 Å². The highest BCUT2D eigenvalue weighted by molar-refractivity contribution is 5.84. The largest absolute Gasteiger partial charge is 0.508 e. The van der Waals surface area contributed by atoms with Gasteiger partial charge >= 0.3 is 0 Å². The van der Waals surface area contributed by atoms with Gasteiger partial charge in [0.1, 0.15) is 5.75 Å². The predicted octanol–water partition coefficient (Wildman–Crippen LogP) is 2.19. The van der Waals surface area contributed by atoms with Crippen molar-refractivity contribution in [2.75, 3.05) is 6.61 Å². The normalized spacial score (nSPS) is 10.7. The number of ether oxygens (including phenoxy) is 1. The number of hydrazone groups is 1. The Balaban J connectivity index is 1.91. The van der Waals surface area contributed by atoms with E-state index in [-0.39, 0.29) is 23.8 Å². The fourth-order valence-corrected chi connectivity index (χ4v) is 1.90. The average molecular weight is 314 g/mol. The first kappa shape index (κ1) is 16.4. The number of hydrogen-bond donors (Lipinski definition) is 3. The van der Waals surface area contributed by atoms with Gasteiger partial charge in [0.15, 0.2) is 11.5 Å². The molecule has 1 amide bonds. The van der Waals surface area contributed by atoms with Gasteiger partial charge < -0.3 is 14.9 Å². The fourth-order valence-electron chi connectivity index (χ4n) is 1.90. The molecule has 0 aliphatic carbocycles. The van der Waals surface area contributed by atoms with Crippen molar-refractivity contribution in [1.29, 1.82) is 0 Å². The molecule has 6 heteroatoms. The fraction of sp³-hybridized carbons (Fsp3) is 0.176. The van der Waals surface area contributed by atoms with Crippen molar-refractivity contribution in [3.05, 3.63) is 53.6 Å². The van der Waals surface area contributed by atoms with E-state index in [1.807, 2.05) is 6.92 Å². The summed E-state index contributed by atoms with van der Waals surface area (Å²) in [6, 6.07) is 11.2. The molecule has 0 saturated heterocycles. The molecular formula is C17H18N2O4. The van der Waals surface area contributed by atoms with Crippen molar-refractivity contribution in [3.63, 3.8) is 0 Å². The van der Waals surface area contributed by atoms with Gasteiger partial charge in [-0.2, -0.15) is 5.10 Å². The molecule has 0 unspecified atom stereocenters. The number of amides is 1. The summed E-state index contributed by atoms with van der Waals surface area (Å²) < 4.78 is 5.27. The van der Waals surface area contributed by atoms with Crippen LogP contribution in [0.25, 0.3) is 0 Å². The lowest BCUT2D eigenvalue weighted by molar-refractivity contribution is -0.120. The van der Waals surface area contributed by atoms with E-state index < -0.39 is 0 Å². The van der Waals surface area contributed by atoms with Crippen molar-refractivity contribution < 1.29 is 19.7 Å². The van der Waals surface area contributed by atoms with Crippen LogP contribution in [0.3, 0.4) is 0 Å². The molecule has 23 heavy (non-hydrogen) atoms. The Morgan fingerprint density at radius 2 is 1.96 bits per heavy atom. The Morgan fingerprint density at radius 1 is 1.22 bits per heavy atom. The molecule has 2 aromatic rings. The summed E-state index contributed by atoms with van der Waals surface area (Å²) in [7, 11) is 0. The Morgan fingerprint density at radius 3 is 2.65 bits per heavy atom. The number of carbonyl (C=O) groups excluding carboxylic acids is 1. The number of aromatic hydroxyl groups is 2. The summed E-state index contributed by atoms with van der Waals surface area (Å²) >= 11 is 0. The van der Waals surface area contributed by atoms with Crippen molar-refractivity contribution in [3.8, 4) is 17.2 Å². The van der Waals surface area contributed by atoms with Crippen molar-refractivity contribution in [1.82, 2.24) is 5.43 Å². The molecule has 0 spiro atoms. The maximum atomic E-state index is 11.8. The topological polar surface area (TPSA) is 91.2 Å². The van der Waals surface area contributed by atoms with Crippen LogP contribution in [0.4, 0.5) is 0 Å². The third-order valence-corrected chi connectivity index (χ3v) is 2.99. The van der Waals surface area contributed by atoms with Gasteiger partial charge in [0.25, 0.3) is 0 Å². The Bertz CT molecular complexity index is 696. The Kier molecular flexibility index (Phi) is 5.57. The standard InChI is InChI=1S/C17H18N2O4/c1-2-23-16-9-13(5-8-15(16)21)11-18-19-17(22)10-12-3-6-14(20)7-4-12/h3-9,11,20-21H,2,10H2,1H3,(H,19,22)/b18-11-. The first-order chi connectivity index (χ1) is 11.1. The molecule has 0 aliphatic heterocycles. The number of benzene rings is 2. The highest BCUT2D eigenvalue weighted by atomic mass is 16.5. The second-order valence-corrected chi connectivity index (χ2v) is 4.80. The van der Waals surface area contributed by atoms with Crippen molar-refractivity contribution in [2.45, 2.75) is 13.3 Å². The van der Waals surface area contributed by atoms with Gasteiger partial charge in [-0.25, -0.2) is 5.43 Å². The average Bonchev–Trinajstić information content (AvgIpc) is 2.53. The first-order valence-corrected chi connectivity index (χ1v) is 7.14. The third kappa shape index (κ3) is 5.03. The van der Waals surface area contributed by atoms with Gasteiger partial charge in [-0.05, 0) is 48.4 Å². The van der Waals surface area contributed by atoms with Crippen LogP contribution in [-0.2, 0) is 11.2 Å².